The second kappa shape index (κ2) is 10.8. The van der Waals surface area contributed by atoms with Crippen LogP contribution in [0.4, 0.5) is 9.18 Å². The van der Waals surface area contributed by atoms with Crippen molar-refractivity contribution in [2.45, 2.75) is 36.4 Å². The van der Waals surface area contributed by atoms with Crippen LogP contribution in [0, 0.1) is 5.92 Å². The third-order valence-corrected chi connectivity index (χ3v) is 7.23. The largest absolute Gasteiger partial charge is 0.447 e. The highest BCUT2D eigenvalue weighted by Crippen LogP contribution is 2.45. The predicted octanol–water partition coefficient (Wildman–Crippen LogP) is 5.71. The second-order valence-corrected chi connectivity index (χ2v) is 9.55. The standard InChI is InChI=1S/C27H24Cl2FNO4/c28-23-14-21(19-9-5-2-6-10-19)15-24(29)27(23,30)16-20(11-12-32)25(33)31-22(17-35-26(31)34)13-18-7-3-1-4-8-18/h1-10,12,14-15,20,22-23H,11,13,16-17H2/t20-,22+,23+,27+/m0/s1. The first-order chi connectivity index (χ1) is 16.8. The van der Waals surface area contributed by atoms with E-state index in [4.69, 9.17) is 27.9 Å². The van der Waals surface area contributed by atoms with Crippen LogP contribution in [-0.2, 0) is 20.7 Å². The molecule has 182 valence electrons. The van der Waals surface area contributed by atoms with Crippen LogP contribution in [0.15, 0.2) is 77.8 Å². The van der Waals surface area contributed by atoms with Gasteiger partial charge in [-0.3, -0.25) is 4.79 Å². The summed E-state index contributed by atoms with van der Waals surface area (Å²) in [6.45, 7) is 0.0238. The van der Waals surface area contributed by atoms with Gasteiger partial charge in [-0.15, -0.1) is 11.6 Å². The molecule has 4 atom stereocenters. The number of hydrogen-bond donors (Lipinski definition) is 0. The van der Waals surface area contributed by atoms with E-state index in [1.54, 1.807) is 6.08 Å². The Kier molecular flexibility index (Phi) is 7.72. The lowest BCUT2D eigenvalue weighted by atomic mass is 9.82. The van der Waals surface area contributed by atoms with E-state index in [0.717, 1.165) is 16.0 Å². The number of alkyl halides is 2. The molecule has 35 heavy (non-hydrogen) atoms. The van der Waals surface area contributed by atoms with E-state index in [2.05, 4.69) is 0 Å². The molecule has 0 spiro atoms. The van der Waals surface area contributed by atoms with E-state index in [9.17, 15) is 14.4 Å². The number of rotatable bonds is 8. The molecular formula is C27H24Cl2FNO4. The van der Waals surface area contributed by atoms with Crippen LogP contribution in [0.5, 0.6) is 0 Å². The number of carbonyl (C=O) groups is 3. The first kappa shape index (κ1) is 25.1. The average Bonchev–Trinajstić information content (AvgIpc) is 3.22. The van der Waals surface area contributed by atoms with Gasteiger partial charge in [0.15, 0.2) is 5.67 Å². The van der Waals surface area contributed by atoms with Gasteiger partial charge < -0.3 is 9.53 Å². The minimum atomic E-state index is -2.29. The van der Waals surface area contributed by atoms with Gasteiger partial charge in [0.2, 0.25) is 5.91 Å². The average molecular weight is 516 g/mol. The highest BCUT2D eigenvalue weighted by Gasteiger charge is 2.48. The third kappa shape index (κ3) is 5.34. The number of hydrogen-bond acceptors (Lipinski definition) is 4. The Bertz CT molecular complexity index is 1150. The van der Waals surface area contributed by atoms with Gasteiger partial charge in [-0.2, -0.15) is 0 Å². The van der Waals surface area contributed by atoms with Gasteiger partial charge in [-0.25, -0.2) is 14.1 Å². The predicted molar refractivity (Wildman–Crippen MR) is 133 cm³/mol. The molecule has 0 aromatic heterocycles. The zero-order valence-corrected chi connectivity index (χ0v) is 20.3. The van der Waals surface area contributed by atoms with Crippen LogP contribution in [0.2, 0.25) is 0 Å². The molecule has 0 N–H and O–H groups in total. The molecule has 2 aliphatic rings. The Hall–Kier alpha value is -2.96. The Labute approximate surface area is 213 Å². The highest BCUT2D eigenvalue weighted by molar-refractivity contribution is 6.34. The molecule has 0 saturated carbocycles. The zero-order chi connectivity index (χ0) is 25.0. The van der Waals surface area contributed by atoms with Crippen LogP contribution in [0.1, 0.15) is 24.0 Å². The fourth-order valence-corrected chi connectivity index (χ4v) is 5.17. The van der Waals surface area contributed by atoms with E-state index in [1.165, 1.54) is 6.08 Å². The normalized spacial score (nSPS) is 24.9. The summed E-state index contributed by atoms with van der Waals surface area (Å²) < 4.78 is 21.4. The molecule has 0 bridgehead atoms. The van der Waals surface area contributed by atoms with Crippen molar-refractivity contribution >= 4 is 47.1 Å². The summed E-state index contributed by atoms with van der Waals surface area (Å²) in [6.07, 6.45) is 2.42. The van der Waals surface area contributed by atoms with E-state index >= 15 is 4.39 Å². The molecule has 0 radical (unpaired) electrons. The van der Waals surface area contributed by atoms with Crippen LogP contribution in [0.25, 0.3) is 5.57 Å². The van der Waals surface area contributed by atoms with Crippen molar-refractivity contribution in [2.24, 2.45) is 5.92 Å². The Morgan fingerprint density at radius 2 is 1.83 bits per heavy atom. The SMILES string of the molecule is O=CC[C@@H](C[C@]1(F)C(Cl)=CC(c2ccccc2)=C[C@H]1Cl)C(=O)N1C(=O)OC[C@H]1Cc1ccccc1. The minimum absolute atomic E-state index is 0.0238. The molecule has 0 unspecified atom stereocenters. The van der Waals surface area contributed by atoms with Gasteiger partial charge in [-0.05, 0) is 29.2 Å². The molecule has 2 aromatic rings. The fourth-order valence-electron chi connectivity index (χ4n) is 4.46. The molecule has 1 aliphatic heterocycles. The number of benzene rings is 2. The van der Waals surface area contributed by atoms with Crippen molar-refractivity contribution in [3.05, 3.63) is 89.0 Å². The van der Waals surface area contributed by atoms with Crippen molar-refractivity contribution in [2.75, 3.05) is 6.61 Å². The van der Waals surface area contributed by atoms with Crippen LogP contribution >= 0.6 is 23.2 Å². The Morgan fingerprint density at radius 3 is 2.46 bits per heavy atom. The molecule has 5 nitrogen and oxygen atoms in total. The van der Waals surface area contributed by atoms with Crippen LogP contribution < -0.4 is 0 Å². The summed E-state index contributed by atoms with van der Waals surface area (Å²) in [7, 11) is 0. The number of amides is 2. The highest BCUT2D eigenvalue weighted by atomic mass is 35.5. The first-order valence-electron chi connectivity index (χ1n) is 11.3. The van der Waals surface area contributed by atoms with Crippen molar-refractivity contribution in [3.8, 4) is 0 Å². The number of allylic oxidation sites excluding steroid dienone is 4. The van der Waals surface area contributed by atoms with Gasteiger partial charge in [0.05, 0.1) is 16.5 Å². The lowest BCUT2D eigenvalue weighted by Gasteiger charge is -2.35. The first-order valence-corrected chi connectivity index (χ1v) is 12.1. The van der Waals surface area contributed by atoms with E-state index < -0.39 is 41.4 Å². The van der Waals surface area contributed by atoms with Gasteiger partial charge in [0.1, 0.15) is 12.9 Å². The number of carbonyl (C=O) groups excluding carboxylic acids is 3. The maximum absolute atomic E-state index is 16.2. The number of ether oxygens (including phenoxy) is 1. The van der Waals surface area contributed by atoms with E-state index in [0.29, 0.717) is 18.3 Å². The summed E-state index contributed by atoms with van der Waals surface area (Å²) in [5.41, 5.74) is 0.110. The summed E-state index contributed by atoms with van der Waals surface area (Å²) in [4.78, 5) is 38.3. The summed E-state index contributed by atoms with van der Waals surface area (Å²) >= 11 is 12.8. The molecular weight excluding hydrogens is 492 g/mol. The third-order valence-electron chi connectivity index (χ3n) is 6.34. The van der Waals surface area contributed by atoms with Crippen LogP contribution in [0.3, 0.4) is 0 Å². The zero-order valence-electron chi connectivity index (χ0n) is 18.8. The lowest BCUT2D eigenvalue weighted by molar-refractivity contribution is -0.136. The molecule has 4 rings (SSSR count). The fraction of sp³-hybridized carbons (Fsp3) is 0.296. The van der Waals surface area contributed by atoms with Crippen LogP contribution in [-0.4, -0.2) is 46.9 Å². The number of cyclic esters (lactones) is 1. The van der Waals surface area contributed by atoms with Crippen molar-refractivity contribution in [3.63, 3.8) is 0 Å². The van der Waals surface area contributed by atoms with E-state index in [-0.39, 0.29) is 18.1 Å². The summed E-state index contributed by atoms with van der Waals surface area (Å²) in [5, 5.41) is -1.34. The minimum Gasteiger partial charge on any atom is -0.447 e. The van der Waals surface area contributed by atoms with Gasteiger partial charge in [0.25, 0.3) is 0 Å². The molecule has 2 aromatic carbocycles. The van der Waals surface area contributed by atoms with Crippen molar-refractivity contribution in [1.29, 1.82) is 0 Å². The lowest BCUT2D eigenvalue weighted by Crippen LogP contribution is -2.47. The maximum atomic E-state index is 16.2. The molecule has 1 aliphatic carbocycles. The molecule has 2 amide bonds. The molecule has 1 heterocycles. The van der Waals surface area contributed by atoms with E-state index in [1.807, 2.05) is 60.7 Å². The quantitative estimate of drug-likeness (QED) is 0.333. The van der Waals surface area contributed by atoms with Crippen molar-refractivity contribution in [1.82, 2.24) is 4.90 Å². The monoisotopic (exact) mass is 515 g/mol. The maximum Gasteiger partial charge on any atom is 0.416 e. The van der Waals surface area contributed by atoms with Gasteiger partial charge in [-0.1, -0.05) is 78.3 Å². The Balaban J connectivity index is 1.56. The summed E-state index contributed by atoms with van der Waals surface area (Å²) in [6, 6.07) is 18.0. The smallest absolute Gasteiger partial charge is 0.416 e. The number of nitrogens with zero attached hydrogens (tertiary/aromatic N) is 1. The Morgan fingerprint density at radius 1 is 1.17 bits per heavy atom. The molecule has 1 fully saturated rings. The van der Waals surface area contributed by atoms with Crippen molar-refractivity contribution < 1.29 is 23.5 Å². The van der Waals surface area contributed by atoms with Gasteiger partial charge in [0, 0.05) is 18.8 Å². The molecule has 8 heteroatoms. The number of aldehydes is 1. The molecule has 1 saturated heterocycles. The number of imide groups is 1. The van der Waals surface area contributed by atoms with Gasteiger partial charge >= 0.3 is 6.09 Å². The summed E-state index contributed by atoms with van der Waals surface area (Å²) in [5.74, 6) is -1.82. The second-order valence-electron chi connectivity index (χ2n) is 8.68. The number of halogens is 3. The topological polar surface area (TPSA) is 63.7 Å².